The smallest absolute Gasteiger partial charge is 0.134 e. The van der Waals surface area contributed by atoms with E-state index in [4.69, 9.17) is 11.6 Å². The maximum absolute atomic E-state index is 6.37. The molecule has 0 amide bonds. The van der Waals surface area contributed by atoms with Gasteiger partial charge in [0.05, 0.1) is 5.52 Å². The summed E-state index contributed by atoms with van der Waals surface area (Å²) in [5, 5.41) is 1.83. The van der Waals surface area contributed by atoms with Crippen LogP contribution in [-0.4, -0.2) is 22.5 Å². The molecule has 3 heteroatoms. The van der Waals surface area contributed by atoms with Crippen molar-refractivity contribution in [3.05, 3.63) is 41.0 Å². The highest BCUT2D eigenvalue weighted by atomic mass is 35.5. The predicted octanol–water partition coefficient (Wildman–Crippen LogP) is 4.65. The number of benzene rings is 1. The first-order valence-electron chi connectivity index (χ1n) is 7.56. The van der Waals surface area contributed by atoms with Crippen LogP contribution < -0.4 is 0 Å². The molecule has 1 heterocycles. The van der Waals surface area contributed by atoms with Gasteiger partial charge in [0.2, 0.25) is 0 Å². The number of rotatable bonds is 4. The molecule has 0 saturated heterocycles. The second-order valence-corrected chi connectivity index (χ2v) is 5.99. The molecule has 0 unspecified atom stereocenters. The van der Waals surface area contributed by atoms with Crippen LogP contribution in [0, 0.1) is 0 Å². The summed E-state index contributed by atoms with van der Waals surface area (Å²) in [6, 6.07) is 11.1. The Balaban J connectivity index is 1.87. The SMILES string of the molecule is CCN(Cc1cc2ccccc2nc1Cl)C1CCCC1. The van der Waals surface area contributed by atoms with Gasteiger partial charge in [0.15, 0.2) is 0 Å². The van der Waals surface area contributed by atoms with Crippen molar-refractivity contribution in [3.63, 3.8) is 0 Å². The first kappa shape index (κ1) is 13.8. The molecule has 1 fully saturated rings. The van der Waals surface area contributed by atoms with Crippen molar-refractivity contribution in [1.29, 1.82) is 0 Å². The molecule has 0 atom stereocenters. The molecule has 3 rings (SSSR count). The zero-order chi connectivity index (χ0) is 13.9. The molecule has 20 heavy (non-hydrogen) atoms. The fourth-order valence-electron chi connectivity index (χ4n) is 3.23. The highest BCUT2D eigenvalue weighted by Crippen LogP contribution is 2.27. The minimum absolute atomic E-state index is 0.653. The Hall–Kier alpha value is -1.12. The Kier molecular flexibility index (Phi) is 4.23. The normalized spacial score (nSPS) is 16.4. The van der Waals surface area contributed by atoms with Crippen LogP contribution >= 0.6 is 11.6 Å². The van der Waals surface area contributed by atoms with E-state index < -0.39 is 0 Å². The van der Waals surface area contributed by atoms with Gasteiger partial charge in [-0.15, -0.1) is 0 Å². The summed E-state index contributed by atoms with van der Waals surface area (Å²) >= 11 is 6.37. The maximum Gasteiger partial charge on any atom is 0.134 e. The van der Waals surface area contributed by atoms with Crippen LogP contribution in [0.3, 0.4) is 0 Å². The Morgan fingerprint density at radius 2 is 2.00 bits per heavy atom. The monoisotopic (exact) mass is 288 g/mol. The van der Waals surface area contributed by atoms with Gasteiger partial charge in [-0.25, -0.2) is 4.98 Å². The molecule has 1 aromatic heterocycles. The molecule has 1 aliphatic rings. The van der Waals surface area contributed by atoms with Crippen molar-refractivity contribution in [2.45, 2.75) is 45.2 Å². The lowest BCUT2D eigenvalue weighted by Gasteiger charge is -2.27. The number of hydrogen-bond donors (Lipinski definition) is 0. The molecule has 1 aliphatic carbocycles. The highest BCUT2D eigenvalue weighted by molar-refractivity contribution is 6.30. The van der Waals surface area contributed by atoms with E-state index in [1.807, 2.05) is 12.1 Å². The van der Waals surface area contributed by atoms with Crippen molar-refractivity contribution < 1.29 is 0 Å². The van der Waals surface area contributed by atoms with Gasteiger partial charge in [-0.05, 0) is 31.5 Å². The standard InChI is InChI=1S/C17H21ClN2/c1-2-20(15-8-4-5-9-15)12-14-11-13-7-3-6-10-16(13)19-17(14)18/h3,6-7,10-11,15H,2,4-5,8-9,12H2,1H3. The van der Waals surface area contributed by atoms with Crippen molar-refractivity contribution in [3.8, 4) is 0 Å². The lowest BCUT2D eigenvalue weighted by atomic mass is 10.1. The van der Waals surface area contributed by atoms with Gasteiger partial charge in [-0.3, -0.25) is 4.90 Å². The minimum atomic E-state index is 0.653. The molecule has 0 bridgehead atoms. The highest BCUT2D eigenvalue weighted by Gasteiger charge is 2.22. The number of halogens is 1. The van der Waals surface area contributed by atoms with E-state index in [0.29, 0.717) is 5.15 Å². The summed E-state index contributed by atoms with van der Waals surface area (Å²) in [4.78, 5) is 7.07. The molecule has 0 aliphatic heterocycles. The second kappa shape index (κ2) is 6.11. The Bertz CT molecular complexity index is 591. The molecule has 0 spiro atoms. The van der Waals surface area contributed by atoms with Crippen LogP contribution in [0.25, 0.3) is 10.9 Å². The maximum atomic E-state index is 6.37. The Labute approximate surface area is 125 Å². The molecule has 1 saturated carbocycles. The number of aromatic nitrogens is 1. The Morgan fingerprint density at radius 1 is 1.25 bits per heavy atom. The van der Waals surface area contributed by atoms with E-state index in [1.54, 1.807) is 0 Å². The third kappa shape index (κ3) is 2.82. The Morgan fingerprint density at radius 3 is 2.75 bits per heavy atom. The van der Waals surface area contributed by atoms with Crippen molar-refractivity contribution in [2.24, 2.45) is 0 Å². The van der Waals surface area contributed by atoms with E-state index in [-0.39, 0.29) is 0 Å². The van der Waals surface area contributed by atoms with E-state index in [9.17, 15) is 0 Å². The summed E-state index contributed by atoms with van der Waals surface area (Å²) in [5.41, 5.74) is 2.13. The first-order chi connectivity index (χ1) is 9.78. The molecule has 2 aromatic rings. The van der Waals surface area contributed by atoms with Gasteiger partial charge in [-0.2, -0.15) is 0 Å². The summed E-state index contributed by atoms with van der Waals surface area (Å²) in [5.74, 6) is 0. The zero-order valence-corrected chi connectivity index (χ0v) is 12.7. The van der Waals surface area contributed by atoms with Crippen LogP contribution in [0.2, 0.25) is 5.15 Å². The van der Waals surface area contributed by atoms with E-state index in [2.05, 4.69) is 35.0 Å². The third-order valence-corrected chi connectivity index (χ3v) is 4.70. The average molecular weight is 289 g/mol. The minimum Gasteiger partial charge on any atom is -0.296 e. The van der Waals surface area contributed by atoms with Crippen LogP contribution in [0.5, 0.6) is 0 Å². The fraction of sp³-hybridized carbons (Fsp3) is 0.471. The second-order valence-electron chi connectivity index (χ2n) is 5.63. The molecular weight excluding hydrogens is 268 g/mol. The van der Waals surface area contributed by atoms with Gasteiger partial charge in [0.1, 0.15) is 5.15 Å². The summed E-state index contributed by atoms with van der Waals surface area (Å²) < 4.78 is 0. The number of hydrogen-bond acceptors (Lipinski definition) is 2. The van der Waals surface area contributed by atoms with Crippen molar-refractivity contribution in [2.75, 3.05) is 6.54 Å². The van der Waals surface area contributed by atoms with Crippen LogP contribution in [0.4, 0.5) is 0 Å². The average Bonchev–Trinajstić information content (AvgIpc) is 2.99. The van der Waals surface area contributed by atoms with Crippen molar-refractivity contribution >= 4 is 22.5 Å². The van der Waals surface area contributed by atoms with Crippen LogP contribution in [0.1, 0.15) is 38.2 Å². The van der Waals surface area contributed by atoms with Gasteiger partial charge in [0, 0.05) is 23.5 Å². The largest absolute Gasteiger partial charge is 0.296 e. The van der Waals surface area contributed by atoms with Crippen LogP contribution in [0.15, 0.2) is 30.3 Å². The molecule has 2 nitrogen and oxygen atoms in total. The molecular formula is C17H21ClN2. The number of nitrogens with zero attached hydrogens (tertiary/aromatic N) is 2. The predicted molar refractivity (Wildman–Crippen MR) is 85.1 cm³/mol. The molecule has 106 valence electrons. The zero-order valence-electron chi connectivity index (χ0n) is 12.0. The van der Waals surface area contributed by atoms with E-state index >= 15 is 0 Å². The first-order valence-corrected chi connectivity index (χ1v) is 7.94. The number of para-hydroxylation sites is 1. The van der Waals surface area contributed by atoms with E-state index in [0.717, 1.165) is 30.2 Å². The molecule has 1 aromatic carbocycles. The third-order valence-electron chi connectivity index (χ3n) is 4.37. The topological polar surface area (TPSA) is 16.1 Å². The van der Waals surface area contributed by atoms with Crippen molar-refractivity contribution in [1.82, 2.24) is 9.88 Å². The van der Waals surface area contributed by atoms with Gasteiger partial charge in [-0.1, -0.05) is 49.6 Å². The van der Waals surface area contributed by atoms with E-state index in [1.165, 1.54) is 31.1 Å². The lowest BCUT2D eigenvalue weighted by molar-refractivity contribution is 0.200. The quantitative estimate of drug-likeness (QED) is 0.761. The van der Waals surface area contributed by atoms with Gasteiger partial charge >= 0.3 is 0 Å². The van der Waals surface area contributed by atoms with Gasteiger partial charge < -0.3 is 0 Å². The fourth-order valence-corrected chi connectivity index (χ4v) is 3.44. The summed E-state index contributed by atoms with van der Waals surface area (Å²) in [6.07, 6.45) is 5.38. The number of fused-ring (bicyclic) bond motifs is 1. The summed E-state index contributed by atoms with van der Waals surface area (Å²) in [7, 11) is 0. The lowest BCUT2D eigenvalue weighted by Crippen LogP contribution is -2.32. The molecule has 0 N–H and O–H groups in total. The molecule has 0 radical (unpaired) electrons. The summed E-state index contributed by atoms with van der Waals surface area (Å²) in [6.45, 7) is 4.23. The van der Waals surface area contributed by atoms with Gasteiger partial charge in [0.25, 0.3) is 0 Å². The number of pyridine rings is 1. The van der Waals surface area contributed by atoms with Crippen LogP contribution in [-0.2, 0) is 6.54 Å².